The molecule has 0 aromatic carbocycles. The van der Waals surface area contributed by atoms with Crippen molar-refractivity contribution in [3.8, 4) is 0 Å². The Morgan fingerprint density at radius 1 is 1.42 bits per heavy atom. The second-order valence-electron chi connectivity index (χ2n) is 5.49. The zero-order chi connectivity index (χ0) is 14.0. The third-order valence-electron chi connectivity index (χ3n) is 4.20. The first kappa shape index (κ1) is 14.3. The lowest BCUT2D eigenvalue weighted by molar-refractivity contribution is -0.149. The molecule has 0 aliphatic carbocycles. The van der Waals surface area contributed by atoms with Crippen LogP contribution in [0, 0.1) is 5.92 Å². The number of nitrogens with zero attached hydrogens (tertiary/aromatic N) is 1. The highest BCUT2D eigenvalue weighted by atomic mass is 16.5. The number of carbonyl (C=O) groups excluding carboxylic acids is 1. The highest BCUT2D eigenvalue weighted by Crippen LogP contribution is 2.24. The number of nitrogens with one attached hydrogen (secondary N) is 1. The van der Waals surface area contributed by atoms with E-state index in [0.29, 0.717) is 13.0 Å². The SMILES string of the molecule is COC1CC(C(=O)O)N(C(=O)C2NCCCC2C)C1. The van der Waals surface area contributed by atoms with Gasteiger partial charge in [0.1, 0.15) is 6.04 Å². The first-order valence-corrected chi connectivity index (χ1v) is 6.84. The number of rotatable bonds is 3. The molecule has 0 aromatic rings. The molecular formula is C13H22N2O4. The Morgan fingerprint density at radius 2 is 2.16 bits per heavy atom. The van der Waals surface area contributed by atoms with Crippen molar-refractivity contribution in [2.45, 2.75) is 44.4 Å². The van der Waals surface area contributed by atoms with Crippen molar-refractivity contribution in [1.29, 1.82) is 0 Å². The summed E-state index contributed by atoms with van der Waals surface area (Å²) in [5.74, 6) is -0.798. The minimum atomic E-state index is -0.948. The van der Waals surface area contributed by atoms with Crippen LogP contribution in [0.1, 0.15) is 26.2 Å². The van der Waals surface area contributed by atoms with E-state index in [1.807, 2.05) is 6.92 Å². The molecule has 6 heteroatoms. The van der Waals surface area contributed by atoms with Crippen molar-refractivity contribution in [3.05, 3.63) is 0 Å². The van der Waals surface area contributed by atoms with Gasteiger partial charge in [0.25, 0.3) is 0 Å². The van der Waals surface area contributed by atoms with Crippen LogP contribution in [-0.4, -0.2) is 60.3 Å². The molecule has 2 fully saturated rings. The number of methoxy groups -OCH3 is 1. The van der Waals surface area contributed by atoms with Crippen molar-refractivity contribution in [3.63, 3.8) is 0 Å². The van der Waals surface area contributed by atoms with E-state index in [1.54, 1.807) is 7.11 Å². The largest absolute Gasteiger partial charge is 0.480 e. The number of likely N-dealkylation sites (tertiary alicyclic amines) is 1. The topological polar surface area (TPSA) is 78.9 Å². The van der Waals surface area contributed by atoms with Crippen molar-refractivity contribution >= 4 is 11.9 Å². The van der Waals surface area contributed by atoms with Gasteiger partial charge in [0.05, 0.1) is 12.1 Å². The van der Waals surface area contributed by atoms with Crippen molar-refractivity contribution in [2.24, 2.45) is 5.92 Å². The first-order valence-electron chi connectivity index (χ1n) is 6.84. The third-order valence-corrected chi connectivity index (χ3v) is 4.20. The normalized spacial score (nSPS) is 35.4. The number of carboxylic acids is 1. The lowest BCUT2D eigenvalue weighted by Gasteiger charge is -2.33. The summed E-state index contributed by atoms with van der Waals surface area (Å²) >= 11 is 0. The van der Waals surface area contributed by atoms with Crippen LogP contribution in [0.2, 0.25) is 0 Å². The van der Waals surface area contributed by atoms with Crippen LogP contribution in [0.15, 0.2) is 0 Å². The zero-order valence-corrected chi connectivity index (χ0v) is 11.5. The molecule has 2 saturated heterocycles. The Bertz CT molecular complexity index is 361. The number of aliphatic carboxylic acids is 1. The first-order chi connectivity index (χ1) is 9.04. The third kappa shape index (κ3) is 2.90. The van der Waals surface area contributed by atoms with Gasteiger partial charge in [0, 0.05) is 20.1 Å². The smallest absolute Gasteiger partial charge is 0.326 e. The Labute approximate surface area is 113 Å². The highest BCUT2D eigenvalue weighted by molar-refractivity contribution is 5.88. The van der Waals surface area contributed by atoms with Gasteiger partial charge in [-0.05, 0) is 25.3 Å². The fourth-order valence-corrected chi connectivity index (χ4v) is 3.00. The molecule has 0 radical (unpaired) electrons. The summed E-state index contributed by atoms with van der Waals surface area (Å²) < 4.78 is 5.21. The number of carbonyl (C=O) groups is 2. The van der Waals surface area contributed by atoms with Gasteiger partial charge in [0.15, 0.2) is 0 Å². The maximum absolute atomic E-state index is 12.5. The summed E-state index contributed by atoms with van der Waals surface area (Å²) in [4.78, 5) is 25.3. The van der Waals surface area contributed by atoms with E-state index in [4.69, 9.17) is 4.74 Å². The van der Waals surface area contributed by atoms with Gasteiger partial charge in [-0.15, -0.1) is 0 Å². The van der Waals surface area contributed by atoms with E-state index < -0.39 is 12.0 Å². The molecule has 4 unspecified atom stereocenters. The lowest BCUT2D eigenvalue weighted by atomic mass is 9.91. The summed E-state index contributed by atoms with van der Waals surface area (Å²) in [6.45, 7) is 3.23. The van der Waals surface area contributed by atoms with Gasteiger partial charge >= 0.3 is 5.97 Å². The molecule has 108 valence electrons. The fraction of sp³-hybridized carbons (Fsp3) is 0.846. The molecule has 0 aromatic heterocycles. The van der Waals surface area contributed by atoms with Crippen LogP contribution in [0.4, 0.5) is 0 Å². The van der Waals surface area contributed by atoms with Gasteiger partial charge in [-0.1, -0.05) is 6.92 Å². The summed E-state index contributed by atoms with van der Waals surface area (Å²) in [6, 6.07) is -1.01. The molecule has 0 bridgehead atoms. The van der Waals surface area contributed by atoms with Gasteiger partial charge in [-0.25, -0.2) is 4.79 Å². The molecular weight excluding hydrogens is 248 g/mol. The van der Waals surface area contributed by atoms with E-state index in [-0.39, 0.29) is 24.0 Å². The molecule has 2 rings (SSSR count). The molecule has 2 heterocycles. The van der Waals surface area contributed by atoms with Crippen LogP contribution >= 0.6 is 0 Å². The zero-order valence-electron chi connectivity index (χ0n) is 11.5. The van der Waals surface area contributed by atoms with Crippen molar-refractivity contribution in [1.82, 2.24) is 10.2 Å². The molecule has 19 heavy (non-hydrogen) atoms. The van der Waals surface area contributed by atoms with Crippen LogP contribution in [-0.2, 0) is 14.3 Å². The number of ether oxygens (including phenoxy) is 1. The van der Waals surface area contributed by atoms with Crippen molar-refractivity contribution < 1.29 is 19.4 Å². The average Bonchev–Trinajstić information content (AvgIpc) is 2.83. The Hall–Kier alpha value is -1.14. The Balaban J connectivity index is 2.09. The van der Waals surface area contributed by atoms with E-state index >= 15 is 0 Å². The second kappa shape index (κ2) is 5.88. The maximum atomic E-state index is 12.5. The Kier molecular flexibility index (Phi) is 4.42. The summed E-state index contributed by atoms with van der Waals surface area (Å²) in [7, 11) is 1.55. The van der Waals surface area contributed by atoms with Crippen LogP contribution in [0.3, 0.4) is 0 Å². The number of carboxylic acid groups (broad SMARTS) is 1. The minimum absolute atomic E-state index is 0.0980. The molecule has 6 nitrogen and oxygen atoms in total. The minimum Gasteiger partial charge on any atom is -0.480 e. The number of piperidine rings is 1. The van der Waals surface area contributed by atoms with Gasteiger partial charge in [0.2, 0.25) is 5.91 Å². The van der Waals surface area contributed by atoms with Gasteiger partial charge in [-0.2, -0.15) is 0 Å². The molecule has 2 aliphatic heterocycles. The molecule has 1 amide bonds. The molecule has 2 N–H and O–H groups in total. The predicted octanol–water partition coefficient (Wildman–Crippen LogP) is 0.0750. The van der Waals surface area contributed by atoms with Crippen LogP contribution < -0.4 is 5.32 Å². The van der Waals surface area contributed by atoms with Gasteiger partial charge < -0.3 is 20.1 Å². The van der Waals surface area contributed by atoms with E-state index in [0.717, 1.165) is 19.4 Å². The highest BCUT2D eigenvalue weighted by Gasteiger charge is 2.43. The summed E-state index contributed by atoms with van der Waals surface area (Å²) in [5, 5.41) is 12.5. The lowest BCUT2D eigenvalue weighted by Crippen LogP contribution is -2.54. The number of hydrogen-bond donors (Lipinski definition) is 2. The van der Waals surface area contributed by atoms with E-state index in [9.17, 15) is 14.7 Å². The quantitative estimate of drug-likeness (QED) is 0.759. The molecule has 0 saturated carbocycles. The standard InChI is InChI=1S/C13H22N2O4/c1-8-4-3-5-14-11(8)12(16)15-7-9(19-2)6-10(15)13(17)18/h8-11,14H,3-7H2,1-2H3,(H,17,18). The molecule has 4 atom stereocenters. The predicted molar refractivity (Wildman–Crippen MR) is 68.7 cm³/mol. The number of hydrogen-bond acceptors (Lipinski definition) is 4. The van der Waals surface area contributed by atoms with Crippen molar-refractivity contribution in [2.75, 3.05) is 20.2 Å². The summed E-state index contributed by atoms with van der Waals surface area (Å²) in [6.07, 6.45) is 2.26. The van der Waals surface area contributed by atoms with Crippen LogP contribution in [0.25, 0.3) is 0 Å². The summed E-state index contributed by atoms with van der Waals surface area (Å²) in [5.41, 5.74) is 0. The van der Waals surface area contributed by atoms with Gasteiger partial charge in [-0.3, -0.25) is 4.79 Å². The molecule has 2 aliphatic rings. The fourth-order valence-electron chi connectivity index (χ4n) is 3.00. The second-order valence-corrected chi connectivity index (χ2v) is 5.49. The molecule has 0 spiro atoms. The number of amides is 1. The monoisotopic (exact) mass is 270 g/mol. The average molecular weight is 270 g/mol. The van der Waals surface area contributed by atoms with E-state index in [2.05, 4.69) is 5.32 Å². The Morgan fingerprint density at radius 3 is 2.74 bits per heavy atom. The van der Waals surface area contributed by atoms with Crippen LogP contribution in [0.5, 0.6) is 0 Å². The van der Waals surface area contributed by atoms with E-state index in [1.165, 1.54) is 4.90 Å². The maximum Gasteiger partial charge on any atom is 0.326 e.